The van der Waals surface area contributed by atoms with Crippen LogP contribution in [0.2, 0.25) is 0 Å². The van der Waals surface area contributed by atoms with E-state index in [1.165, 1.54) is 12.1 Å². The summed E-state index contributed by atoms with van der Waals surface area (Å²) < 4.78 is 42.6. The average molecular weight is 314 g/mol. The van der Waals surface area contributed by atoms with E-state index in [0.29, 0.717) is 6.92 Å². The van der Waals surface area contributed by atoms with E-state index >= 15 is 0 Å². The number of hydrogen-bond donors (Lipinski definition) is 1. The number of benzene rings is 1. The van der Waals surface area contributed by atoms with Gasteiger partial charge < -0.3 is 0 Å². The fourth-order valence-corrected chi connectivity index (χ4v) is 2.46. The highest BCUT2D eigenvalue weighted by Gasteiger charge is 2.26. The number of alkyl halides is 2. The quantitative estimate of drug-likeness (QED) is 0.740. The Balaban J connectivity index is 2.57. The van der Waals surface area contributed by atoms with Crippen molar-refractivity contribution in [3.63, 3.8) is 0 Å². The maximum atomic E-state index is 14.0. The minimum absolute atomic E-state index is 0.0215. The third-order valence-electron chi connectivity index (χ3n) is 3.02. The molecular weight excluding hydrogens is 305 g/mol. The standard InChI is InChI=1S/C12H9F3N4OS/c1-12(14,15)5-18-9(20)6-3-2-4-7(13)8(6)19-10(18)16-17-11(19)21/h2-4H,5H2,1H3,(H,17,21). The third kappa shape index (κ3) is 2.13. The molecule has 110 valence electrons. The molecule has 2 heterocycles. The molecule has 0 radical (unpaired) electrons. The second-order valence-electron chi connectivity index (χ2n) is 4.76. The van der Waals surface area contributed by atoms with Gasteiger partial charge in [-0.15, -0.1) is 5.10 Å². The van der Waals surface area contributed by atoms with Crippen LogP contribution in [0.15, 0.2) is 23.0 Å². The molecule has 5 nitrogen and oxygen atoms in total. The number of aromatic amines is 1. The lowest BCUT2D eigenvalue weighted by molar-refractivity contribution is 0.00388. The van der Waals surface area contributed by atoms with Crippen molar-refractivity contribution in [1.29, 1.82) is 0 Å². The molecule has 1 aromatic carbocycles. The van der Waals surface area contributed by atoms with Gasteiger partial charge in [0.1, 0.15) is 5.82 Å². The fourth-order valence-electron chi connectivity index (χ4n) is 2.24. The van der Waals surface area contributed by atoms with Gasteiger partial charge in [-0.1, -0.05) is 6.07 Å². The summed E-state index contributed by atoms with van der Waals surface area (Å²) in [4.78, 5) is 12.3. The molecule has 21 heavy (non-hydrogen) atoms. The van der Waals surface area contributed by atoms with Crippen LogP contribution in [0.5, 0.6) is 0 Å². The highest BCUT2D eigenvalue weighted by molar-refractivity contribution is 7.71. The number of rotatable bonds is 2. The molecule has 0 atom stereocenters. The highest BCUT2D eigenvalue weighted by Crippen LogP contribution is 2.19. The number of halogens is 3. The molecule has 0 fully saturated rings. The topological polar surface area (TPSA) is 55.1 Å². The van der Waals surface area contributed by atoms with Gasteiger partial charge in [0, 0.05) is 6.92 Å². The number of para-hydroxylation sites is 1. The molecule has 3 rings (SSSR count). The smallest absolute Gasteiger partial charge is 0.263 e. The van der Waals surface area contributed by atoms with Gasteiger partial charge in [0.15, 0.2) is 0 Å². The van der Waals surface area contributed by atoms with E-state index in [4.69, 9.17) is 12.2 Å². The summed E-state index contributed by atoms with van der Waals surface area (Å²) in [5.74, 6) is -3.95. The Bertz CT molecular complexity index is 967. The van der Waals surface area contributed by atoms with Gasteiger partial charge in [-0.3, -0.25) is 13.8 Å². The van der Waals surface area contributed by atoms with Crippen molar-refractivity contribution in [1.82, 2.24) is 19.2 Å². The van der Waals surface area contributed by atoms with Crippen molar-refractivity contribution in [2.24, 2.45) is 0 Å². The van der Waals surface area contributed by atoms with Crippen molar-refractivity contribution in [3.05, 3.63) is 39.1 Å². The van der Waals surface area contributed by atoms with Crippen LogP contribution in [-0.2, 0) is 6.54 Å². The van der Waals surface area contributed by atoms with Crippen molar-refractivity contribution < 1.29 is 13.2 Å². The Morgan fingerprint density at radius 2 is 2.14 bits per heavy atom. The van der Waals surface area contributed by atoms with Crippen LogP contribution in [-0.4, -0.2) is 25.1 Å². The number of nitrogens with one attached hydrogen (secondary N) is 1. The monoisotopic (exact) mass is 314 g/mol. The molecule has 9 heteroatoms. The molecule has 2 aromatic heterocycles. The minimum atomic E-state index is -3.13. The Morgan fingerprint density at radius 1 is 1.43 bits per heavy atom. The highest BCUT2D eigenvalue weighted by atomic mass is 32.1. The zero-order chi connectivity index (χ0) is 15.4. The molecule has 0 saturated heterocycles. The van der Waals surface area contributed by atoms with Crippen LogP contribution in [0.25, 0.3) is 16.7 Å². The third-order valence-corrected chi connectivity index (χ3v) is 3.29. The largest absolute Gasteiger partial charge is 0.270 e. The second-order valence-corrected chi connectivity index (χ2v) is 5.15. The van der Waals surface area contributed by atoms with Gasteiger partial charge in [-0.25, -0.2) is 18.3 Å². The van der Waals surface area contributed by atoms with Gasteiger partial charge in [0.05, 0.1) is 17.4 Å². The molecule has 0 bridgehead atoms. The van der Waals surface area contributed by atoms with Gasteiger partial charge >= 0.3 is 0 Å². The van der Waals surface area contributed by atoms with Crippen LogP contribution in [0.1, 0.15) is 6.92 Å². The molecule has 0 amide bonds. The molecule has 1 N–H and O–H groups in total. The SMILES string of the molecule is CC(F)(F)Cn1c(=O)c2cccc(F)c2n2c(=S)[nH]nc12. The van der Waals surface area contributed by atoms with Crippen LogP contribution in [0.3, 0.4) is 0 Å². The molecule has 0 spiro atoms. The van der Waals surface area contributed by atoms with Crippen LogP contribution < -0.4 is 5.56 Å². The predicted molar refractivity (Wildman–Crippen MR) is 72.7 cm³/mol. The van der Waals surface area contributed by atoms with Crippen LogP contribution in [0.4, 0.5) is 13.2 Å². The van der Waals surface area contributed by atoms with Gasteiger partial charge in [0.2, 0.25) is 10.5 Å². The van der Waals surface area contributed by atoms with E-state index in [2.05, 4.69) is 10.2 Å². The van der Waals surface area contributed by atoms with Crippen molar-refractivity contribution in [2.45, 2.75) is 19.4 Å². The first-order valence-corrected chi connectivity index (χ1v) is 6.36. The lowest BCUT2D eigenvalue weighted by Gasteiger charge is -2.14. The molecule has 0 unspecified atom stereocenters. The summed E-state index contributed by atoms with van der Waals surface area (Å²) >= 11 is 4.99. The summed E-state index contributed by atoms with van der Waals surface area (Å²) in [6.45, 7) is -0.186. The fraction of sp³-hybridized carbons (Fsp3) is 0.250. The molecular formula is C12H9F3N4OS. The van der Waals surface area contributed by atoms with Crippen LogP contribution in [0, 0.1) is 10.6 Å². The van der Waals surface area contributed by atoms with E-state index < -0.39 is 23.8 Å². The second kappa shape index (κ2) is 4.42. The zero-order valence-electron chi connectivity index (χ0n) is 10.7. The average Bonchev–Trinajstić information content (AvgIpc) is 2.75. The Morgan fingerprint density at radius 3 is 2.81 bits per heavy atom. The first kappa shape index (κ1) is 13.8. The Kier molecular flexibility index (Phi) is 2.90. The van der Waals surface area contributed by atoms with E-state index in [9.17, 15) is 18.0 Å². The number of aromatic nitrogens is 4. The van der Waals surface area contributed by atoms with Crippen LogP contribution >= 0.6 is 12.2 Å². The molecule has 0 aliphatic heterocycles. The summed E-state index contributed by atoms with van der Waals surface area (Å²) in [7, 11) is 0. The normalized spacial score (nSPS) is 12.4. The molecule has 3 aromatic rings. The van der Waals surface area contributed by atoms with Crippen molar-refractivity contribution in [3.8, 4) is 0 Å². The molecule has 0 aliphatic rings. The Hall–Kier alpha value is -2.16. The van der Waals surface area contributed by atoms with E-state index in [0.717, 1.165) is 15.0 Å². The summed E-state index contributed by atoms with van der Waals surface area (Å²) in [6.07, 6.45) is 0. The van der Waals surface area contributed by atoms with E-state index in [1.807, 2.05) is 0 Å². The first-order chi connectivity index (χ1) is 9.79. The number of H-pyrrole nitrogens is 1. The van der Waals surface area contributed by atoms with Gasteiger partial charge in [-0.05, 0) is 24.4 Å². The maximum absolute atomic E-state index is 14.0. The van der Waals surface area contributed by atoms with E-state index in [-0.39, 0.29) is 21.5 Å². The number of nitrogens with zero attached hydrogens (tertiary/aromatic N) is 3. The summed E-state index contributed by atoms with van der Waals surface area (Å²) in [5.41, 5.74) is -0.820. The predicted octanol–water partition coefficient (Wildman–Crippen LogP) is 2.50. The maximum Gasteiger partial charge on any atom is 0.263 e. The lowest BCUT2D eigenvalue weighted by atomic mass is 10.2. The molecule has 0 aliphatic carbocycles. The first-order valence-electron chi connectivity index (χ1n) is 5.95. The van der Waals surface area contributed by atoms with Gasteiger partial charge in [0.25, 0.3) is 11.5 Å². The lowest BCUT2D eigenvalue weighted by Crippen LogP contribution is -2.31. The zero-order valence-corrected chi connectivity index (χ0v) is 11.5. The number of hydrogen-bond acceptors (Lipinski definition) is 3. The summed E-state index contributed by atoms with van der Waals surface area (Å²) in [5, 5.41) is 6.12. The van der Waals surface area contributed by atoms with Crippen molar-refractivity contribution >= 4 is 28.9 Å². The van der Waals surface area contributed by atoms with E-state index in [1.54, 1.807) is 0 Å². The number of fused-ring (bicyclic) bond motifs is 3. The Labute approximate surface area is 120 Å². The van der Waals surface area contributed by atoms with Crippen molar-refractivity contribution in [2.75, 3.05) is 0 Å². The molecule has 0 saturated carbocycles. The van der Waals surface area contributed by atoms with Gasteiger partial charge in [-0.2, -0.15) is 0 Å². The minimum Gasteiger partial charge on any atom is -0.270 e. The summed E-state index contributed by atoms with van der Waals surface area (Å²) in [6, 6.07) is 3.86.